The first-order chi connectivity index (χ1) is 7.58. The van der Waals surface area contributed by atoms with Gasteiger partial charge < -0.3 is 11.1 Å². The molecule has 0 atom stereocenters. The molecule has 1 rings (SSSR count). The van der Waals surface area contributed by atoms with Crippen molar-refractivity contribution in [2.75, 3.05) is 13.1 Å². The third kappa shape index (κ3) is 5.11. The molecule has 0 radical (unpaired) electrons. The Morgan fingerprint density at radius 2 is 2.38 bits per heavy atom. The Balaban J connectivity index is 2.22. The van der Waals surface area contributed by atoms with Crippen molar-refractivity contribution in [2.45, 2.75) is 27.2 Å². The molecule has 1 heterocycles. The molecule has 0 aliphatic heterocycles. The molecule has 5 heteroatoms. The van der Waals surface area contributed by atoms with Gasteiger partial charge in [-0.1, -0.05) is 13.8 Å². The molecule has 16 heavy (non-hydrogen) atoms. The van der Waals surface area contributed by atoms with Crippen molar-refractivity contribution in [2.24, 2.45) is 16.6 Å². The Morgan fingerprint density at radius 3 is 2.94 bits per heavy atom. The topological polar surface area (TPSA) is 63.3 Å². The number of aromatic nitrogens is 1. The largest absolute Gasteiger partial charge is 0.370 e. The highest BCUT2D eigenvalue weighted by Gasteiger charge is 1.98. The summed E-state index contributed by atoms with van der Waals surface area (Å²) < 4.78 is 0. The fourth-order valence-corrected chi connectivity index (χ4v) is 1.83. The van der Waals surface area contributed by atoms with Crippen molar-refractivity contribution >= 4 is 17.3 Å². The Kier molecular flexibility index (Phi) is 5.25. The van der Waals surface area contributed by atoms with Crippen molar-refractivity contribution in [1.29, 1.82) is 0 Å². The number of rotatable bonds is 5. The van der Waals surface area contributed by atoms with Gasteiger partial charge in [-0.25, -0.2) is 4.98 Å². The van der Waals surface area contributed by atoms with Crippen LogP contribution in [0, 0.1) is 12.8 Å². The van der Waals surface area contributed by atoms with E-state index in [-0.39, 0.29) is 0 Å². The average Bonchev–Trinajstić information content (AvgIpc) is 2.61. The van der Waals surface area contributed by atoms with Gasteiger partial charge in [0.1, 0.15) is 0 Å². The second-order valence-corrected chi connectivity index (χ2v) is 5.22. The number of hydrogen-bond acceptors (Lipinski definition) is 3. The third-order valence-corrected chi connectivity index (χ3v) is 2.80. The maximum Gasteiger partial charge on any atom is 0.188 e. The van der Waals surface area contributed by atoms with Gasteiger partial charge in [-0.15, -0.1) is 11.3 Å². The van der Waals surface area contributed by atoms with Gasteiger partial charge in [-0.05, 0) is 12.8 Å². The van der Waals surface area contributed by atoms with E-state index < -0.39 is 0 Å². The summed E-state index contributed by atoms with van der Waals surface area (Å²) in [5.41, 5.74) is 6.83. The molecule has 0 aliphatic rings. The minimum atomic E-state index is 0.528. The predicted molar refractivity (Wildman–Crippen MR) is 69.9 cm³/mol. The van der Waals surface area contributed by atoms with E-state index >= 15 is 0 Å². The first-order valence-electron chi connectivity index (χ1n) is 5.52. The van der Waals surface area contributed by atoms with Crippen LogP contribution in [0.4, 0.5) is 0 Å². The Bertz CT molecular complexity index is 344. The molecular weight excluding hydrogens is 220 g/mol. The number of hydrogen-bond donors (Lipinski definition) is 2. The molecule has 4 nitrogen and oxygen atoms in total. The third-order valence-electron chi connectivity index (χ3n) is 1.98. The van der Waals surface area contributed by atoms with Crippen LogP contribution in [0.15, 0.2) is 10.4 Å². The summed E-state index contributed by atoms with van der Waals surface area (Å²) in [5.74, 6) is 1.07. The van der Waals surface area contributed by atoms with Crippen molar-refractivity contribution in [3.63, 3.8) is 0 Å². The first kappa shape index (κ1) is 13.0. The summed E-state index contributed by atoms with van der Waals surface area (Å²) in [7, 11) is 0. The number of aryl methyl sites for hydroxylation is 1. The summed E-state index contributed by atoms with van der Waals surface area (Å²) in [6.45, 7) is 7.81. The molecule has 0 aromatic carbocycles. The minimum Gasteiger partial charge on any atom is -0.370 e. The van der Waals surface area contributed by atoms with Gasteiger partial charge in [-0.3, -0.25) is 4.99 Å². The lowest BCUT2D eigenvalue weighted by atomic mass is 10.2. The number of nitrogens with two attached hydrogens (primary N) is 1. The highest BCUT2D eigenvalue weighted by molar-refractivity contribution is 7.09. The molecule has 1 aromatic heterocycles. The molecule has 0 unspecified atom stereocenters. The van der Waals surface area contributed by atoms with Gasteiger partial charge in [0.15, 0.2) is 5.96 Å². The quantitative estimate of drug-likeness (QED) is 0.606. The van der Waals surface area contributed by atoms with Gasteiger partial charge in [0, 0.05) is 24.9 Å². The SMILES string of the molecule is Cc1nc(CCNC(N)=NCC(C)C)cs1. The summed E-state index contributed by atoms with van der Waals surface area (Å²) in [5, 5.41) is 6.28. The van der Waals surface area contributed by atoms with Gasteiger partial charge in [0.25, 0.3) is 0 Å². The molecule has 0 fully saturated rings. The molecule has 0 saturated heterocycles. The molecule has 90 valence electrons. The van der Waals surface area contributed by atoms with Gasteiger partial charge in [-0.2, -0.15) is 0 Å². The Morgan fingerprint density at radius 1 is 1.62 bits per heavy atom. The van der Waals surface area contributed by atoms with E-state index in [2.05, 4.69) is 34.5 Å². The second kappa shape index (κ2) is 6.48. The lowest BCUT2D eigenvalue weighted by Gasteiger charge is -2.05. The van der Waals surface area contributed by atoms with Crippen LogP contribution in [-0.2, 0) is 6.42 Å². The van der Waals surface area contributed by atoms with Gasteiger partial charge >= 0.3 is 0 Å². The van der Waals surface area contributed by atoms with Crippen molar-refractivity contribution < 1.29 is 0 Å². The van der Waals surface area contributed by atoms with E-state index in [0.29, 0.717) is 11.9 Å². The lowest BCUT2D eigenvalue weighted by molar-refractivity contribution is 0.661. The fourth-order valence-electron chi connectivity index (χ4n) is 1.18. The molecule has 3 N–H and O–H groups in total. The van der Waals surface area contributed by atoms with Crippen molar-refractivity contribution in [3.05, 3.63) is 16.1 Å². The molecule has 1 aromatic rings. The first-order valence-corrected chi connectivity index (χ1v) is 6.40. The van der Waals surface area contributed by atoms with E-state index in [1.165, 1.54) is 0 Å². The molecule has 0 bridgehead atoms. The van der Waals surface area contributed by atoms with Gasteiger partial charge in [0.05, 0.1) is 10.7 Å². The summed E-state index contributed by atoms with van der Waals surface area (Å²) in [4.78, 5) is 8.61. The molecule has 0 amide bonds. The number of aliphatic imine (C=N–C) groups is 1. The van der Waals surface area contributed by atoms with Crippen LogP contribution in [0.2, 0.25) is 0 Å². The lowest BCUT2D eigenvalue weighted by Crippen LogP contribution is -2.33. The van der Waals surface area contributed by atoms with Crippen LogP contribution in [0.1, 0.15) is 24.5 Å². The molecule has 0 saturated carbocycles. The van der Waals surface area contributed by atoms with Crippen LogP contribution in [0.5, 0.6) is 0 Å². The van der Waals surface area contributed by atoms with Crippen molar-refractivity contribution in [3.8, 4) is 0 Å². The number of guanidine groups is 1. The Hall–Kier alpha value is -1.10. The minimum absolute atomic E-state index is 0.528. The summed E-state index contributed by atoms with van der Waals surface area (Å²) in [6, 6.07) is 0. The smallest absolute Gasteiger partial charge is 0.188 e. The molecule has 0 aliphatic carbocycles. The standard InChI is InChI=1S/C11H20N4S/c1-8(2)6-14-11(12)13-5-4-10-7-16-9(3)15-10/h7-8H,4-6H2,1-3H3,(H3,12,13,14). The molecular formula is C11H20N4S. The van der Waals surface area contributed by atoms with Crippen LogP contribution < -0.4 is 11.1 Å². The maximum atomic E-state index is 5.71. The van der Waals surface area contributed by atoms with Gasteiger partial charge in [0.2, 0.25) is 0 Å². The normalized spacial score (nSPS) is 12.1. The van der Waals surface area contributed by atoms with Crippen molar-refractivity contribution in [1.82, 2.24) is 10.3 Å². The fraction of sp³-hybridized carbons (Fsp3) is 0.636. The highest BCUT2D eigenvalue weighted by Crippen LogP contribution is 2.07. The zero-order valence-electron chi connectivity index (χ0n) is 10.2. The monoisotopic (exact) mass is 240 g/mol. The highest BCUT2D eigenvalue weighted by atomic mass is 32.1. The average molecular weight is 240 g/mol. The van der Waals surface area contributed by atoms with Crippen LogP contribution >= 0.6 is 11.3 Å². The van der Waals surface area contributed by atoms with Crippen LogP contribution in [0.3, 0.4) is 0 Å². The summed E-state index contributed by atoms with van der Waals surface area (Å²) >= 11 is 1.68. The molecule has 0 spiro atoms. The zero-order valence-corrected chi connectivity index (χ0v) is 11.0. The van der Waals surface area contributed by atoms with E-state index in [0.717, 1.165) is 30.2 Å². The predicted octanol–water partition coefficient (Wildman–Crippen LogP) is 1.55. The Labute approximate surface area is 101 Å². The number of nitrogens with zero attached hydrogens (tertiary/aromatic N) is 2. The van der Waals surface area contributed by atoms with E-state index in [1.54, 1.807) is 11.3 Å². The van der Waals surface area contributed by atoms with E-state index in [1.807, 2.05) is 6.92 Å². The van der Waals surface area contributed by atoms with Crippen LogP contribution in [0.25, 0.3) is 0 Å². The number of thiazole rings is 1. The zero-order chi connectivity index (χ0) is 12.0. The number of nitrogens with one attached hydrogen (secondary N) is 1. The van der Waals surface area contributed by atoms with Crippen LogP contribution in [-0.4, -0.2) is 24.0 Å². The summed E-state index contributed by atoms with van der Waals surface area (Å²) in [6.07, 6.45) is 0.891. The van der Waals surface area contributed by atoms with E-state index in [9.17, 15) is 0 Å². The van der Waals surface area contributed by atoms with E-state index in [4.69, 9.17) is 5.73 Å². The second-order valence-electron chi connectivity index (χ2n) is 4.15. The maximum absolute atomic E-state index is 5.71.